The summed E-state index contributed by atoms with van der Waals surface area (Å²) < 4.78 is 32.2. The summed E-state index contributed by atoms with van der Waals surface area (Å²) in [5.74, 6) is -4.87. The van der Waals surface area contributed by atoms with Crippen molar-refractivity contribution in [3.05, 3.63) is 35.4 Å². The molecule has 2 N–H and O–H groups in total. The van der Waals surface area contributed by atoms with E-state index in [0.29, 0.717) is 6.54 Å². The second-order valence-corrected chi connectivity index (χ2v) is 5.75. The molecule has 1 rings (SSSR count). The lowest BCUT2D eigenvalue weighted by Crippen LogP contribution is -2.46. The third-order valence-electron chi connectivity index (χ3n) is 3.31. The van der Waals surface area contributed by atoms with E-state index in [2.05, 4.69) is 10.6 Å². The number of esters is 1. The normalized spacial score (nSPS) is 11.8. The quantitative estimate of drug-likeness (QED) is 0.696. The molecule has 0 heterocycles. The zero-order valence-corrected chi connectivity index (χ0v) is 14.4. The summed E-state index contributed by atoms with van der Waals surface area (Å²) >= 11 is 0. The molecule has 0 fully saturated rings. The largest absolute Gasteiger partial charge is 0.454 e. The number of nitrogens with one attached hydrogen (secondary N) is 2. The van der Waals surface area contributed by atoms with Crippen LogP contribution in [0.25, 0.3) is 0 Å². The first-order valence-corrected chi connectivity index (χ1v) is 7.96. The van der Waals surface area contributed by atoms with Gasteiger partial charge >= 0.3 is 5.97 Å². The van der Waals surface area contributed by atoms with Crippen molar-refractivity contribution in [3.63, 3.8) is 0 Å². The Hall–Kier alpha value is -2.51. The van der Waals surface area contributed by atoms with Crippen LogP contribution in [0.1, 0.15) is 37.6 Å². The maximum Gasteiger partial charge on any atom is 0.329 e. The molecule has 1 aromatic rings. The molecular formula is C17H22F2N2O4. The van der Waals surface area contributed by atoms with Crippen LogP contribution in [0.3, 0.4) is 0 Å². The zero-order valence-electron chi connectivity index (χ0n) is 14.4. The van der Waals surface area contributed by atoms with E-state index in [0.717, 1.165) is 24.6 Å². The minimum atomic E-state index is -1.15. The average molecular weight is 356 g/mol. The maximum absolute atomic E-state index is 13.7. The van der Waals surface area contributed by atoms with Gasteiger partial charge in [-0.1, -0.05) is 26.8 Å². The van der Waals surface area contributed by atoms with Gasteiger partial charge in [0.1, 0.15) is 23.2 Å². The molecule has 25 heavy (non-hydrogen) atoms. The Balaban J connectivity index is 2.75. The molecule has 0 unspecified atom stereocenters. The van der Waals surface area contributed by atoms with Crippen LogP contribution in [0.4, 0.5) is 8.78 Å². The SMILES string of the molecule is CCCNC(=O)COC(=O)[C@@H](NC(=O)c1c(F)cccc1F)C(C)C. The number of carbonyl (C=O) groups is 3. The lowest BCUT2D eigenvalue weighted by atomic mass is 10.0. The molecule has 8 heteroatoms. The molecule has 1 atom stereocenters. The second kappa shape index (κ2) is 9.71. The first-order valence-electron chi connectivity index (χ1n) is 7.96. The fourth-order valence-electron chi connectivity index (χ4n) is 1.97. The molecule has 138 valence electrons. The van der Waals surface area contributed by atoms with Crippen LogP contribution in [0.2, 0.25) is 0 Å². The molecule has 0 aliphatic heterocycles. The molecule has 6 nitrogen and oxygen atoms in total. The monoisotopic (exact) mass is 356 g/mol. The molecule has 0 bridgehead atoms. The topological polar surface area (TPSA) is 84.5 Å². The summed E-state index contributed by atoms with van der Waals surface area (Å²) in [6.45, 7) is 5.08. The van der Waals surface area contributed by atoms with Crippen LogP contribution in [-0.2, 0) is 14.3 Å². The molecule has 0 radical (unpaired) electrons. The Bertz CT molecular complexity index is 615. The van der Waals surface area contributed by atoms with E-state index in [1.54, 1.807) is 13.8 Å². The van der Waals surface area contributed by atoms with Crippen LogP contribution < -0.4 is 10.6 Å². The van der Waals surface area contributed by atoms with Crippen molar-refractivity contribution in [2.24, 2.45) is 5.92 Å². The molecule has 1 aromatic carbocycles. The fourth-order valence-corrected chi connectivity index (χ4v) is 1.97. The van der Waals surface area contributed by atoms with Crippen molar-refractivity contribution < 1.29 is 27.9 Å². The number of ether oxygens (including phenoxy) is 1. The Morgan fingerprint density at radius 1 is 1.16 bits per heavy atom. The van der Waals surface area contributed by atoms with Gasteiger partial charge in [-0.15, -0.1) is 0 Å². The highest BCUT2D eigenvalue weighted by molar-refractivity contribution is 5.97. The van der Waals surface area contributed by atoms with Gasteiger partial charge in [-0.3, -0.25) is 9.59 Å². The van der Waals surface area contributed by atoms with Gasteiger partial charge in [-0.2, -0.15) is 0 Å². The summed E-state index contributed by atoms with van der Waals surface area (Å²) in [6, 6.07) is 1.87. The van der Waals surface area contributed by atoms with Crippen molar-refractivity contribution in [1.82, 2.24) is 10.6 Å². The van der Waals surface area contributed by atoms with E-state index in [-0.39, 0.29) is 0 Å². The minimum absolute atomic E-state index is 0.412. The van der Waals surface area contributed by atoms with Crippen LogP contribution in [0.15, 0.2) is 18.2 Å². The van der Waals surface area contributed by atoms with E-state index in [4.69, 9.17) is 4.74 Å². The Kier molecular flexibility index (Phi) is 7.97. The number of hydrogen-bond acceptors (Lipinski definition) is 4. The predicted molar refractivity (Wildman–Crippen MR) is 86.7 cm³/mol. The summed E-state index contributed by atoms with van der Waals surface area (Å²) in [5, 5.41) is 4.79. The number of hydrogen-bond donors (Lipinski definition) is 2. The van der Waals surface area contributed by atoms with Crippen LogP contribution in [0, 0.1) is 17.6 Å². The third kappa shape index (κ3) is 6.13. The van der Waals surface area contributed by atoms with Crippen LogP contribution in [0.5, 0.6) is 0 Å². The molecule has 2 amide bonds. The van der Waals surface area contributed by atoms with E-state index in [1.807, 2.05) is 6.92 Å². The third-order valence-corrected chi connectivity index (χ3v) is 3.31. The van der Waals surface area contributed by atoms with E-state index < -0.39 is 53.5 Å². The lowest BCUT2D eigenvalue weighted by Gasteiger charge is -2.21. The Morgan fingerprint density at radius 3 is 2.28 bits per heavy atom. The van der Waals surface area contributed by atoms with Gasteiger partial charge in [0, 0.05) is 6.54 Å². The first-order chi connectivity index (χ1) is 11.8. The molecule has 0 saturated heterocycles. The predicted octanol–water partition coefficient (Wildman–Crippen LogP) is 1.79. The van der Waals surface area contributed by atoms with Crippen molar-refractivity contribution >= 4 is 17.8 Å². The highest BCUT2D eigenvalue weighted by atomic mass is 19.1. The molecular weight excluding hydrogens is 334 g/mol. The summed E-state index contributed by atoms with van der Waals surface area (Å²) in [5.41, 5.74) is -0.776. The van der Waals surface area contributed by atoms with Crippen molar-refractivity contribution in [1.29, 1.82) is 0 Å². The number of benzene rings is 1. The standard InChI is InChI=1S/C17H22F2N2O4/c1-4-8-20-13(22)9-25-17(24)15(10(2)3)21-16(23)14-11(18)6-5-7-12(14)19/h5-7,10,15H,4,8-9H2,1-3H3,(H,20,22)(H,21,23)/t15-/m0/s1. The Labute approximate surface area is 144 Å². The van der Waals surface area contributed by atoms with Gasteiger partial charge in [0.2, 0.25) is 0 Å². The smallest absolute Gasteiger partial charge is 0.329 e. The van der Waals surface area contributed by atoms with E-state index in [9.17, 15) is 23.2 Å². The highest BCUT2D eigenvalue weighted by Crippen LogP contribution is 2.13. The summed E-state index contributed by atoms with van der Waals surface area (Å²) in [7, 11) is 0. The molecule has 0 saturated carbocycles. The summed E-state index contributed by atoms with van der Waals surface area (Å²) in [6.07, 6.45) is 0.735. The lowest BCUT2D eigenvalue weighted by molar-refractivity contribution is -0.151. The van der Waals surface area contributed by atoms with Crippen LogP contribution in [-0.4, -0.2) is 37.0 Å². The number of halogens is 2. The number of amides is 2. The minimum Gasteiger partial charge on any atom is -0.454 e. The van der Waals surface area contributed by atoms with Gasteiger partial charge in [0.15, 0.2) is 6.61 Å². The highest BCUT2D eigenvalue weighted by Gasteiger charge is 2.28. The molecule has 0 aliphatic carbocycles. The zero-order chi connectivity index (χ0) is 19.0. The number of carbonyl (C=O) groups excluding carboxylic acids is 3. The van der Waals surface area contributed by atoms with Gasteiger partial charge < -0.3 is 15.4 Å². The van der Waals surface area contributed by atoms with Crippen LogP contribution >= 0.6 is 0 Å². The Morgan fingerprint density at radius 2 is 1.76 bits per heavy atom. The molecule has 0 aromatic heterocycles. The van der Waals surface area contributed by atoms with Crippen molar-refractivity contribution in [3.8, 4) is 0 Å². The molecule has 0 aliphatic rings. The summed E-state index contributed by atoms with van der Waals surface area (Å²) in [4.78, 5) is 35.7. The van der Waals surface area contributed by atoms with Gasteiger partial charge in [0.25, 0.3) is 11.8 Å². The van der Waals surface area contributed by atoms with E-state index >= 15 is 0 Å². The first kappa shape index (κ1) is 20.5. The van der Waals surface area contributed by atoms with Crippen molar-refractivity contribution in [2.75, 3.05) is 13.2 Å². The number of rotatable bonds is 8. The average Bonchev–Trinajstić information content (AvgIpc) is 2.55. The maximum atomic E-state index is 13.7. The van der Waals surface area contributed by atoms with Crippen molar-refractivity contribution in [2.45, 2.75) is 33.2 Å². The van der Waals surface area contributed by atoms with E-state index in [1.165, 1.54) is 0 Å². The van der Waals surface area contributed by atoms with Gasteiger partial charge in [0.05, 0.1) is 0 Å². The van der Waals surface area contributed by atoms with Gasteiger partial charge in [-0.05, 0) is 24.5 Å². The fraction of sp³-hybridized carbons (Fsp3) is 0.471. The molecule has 0 spiro atoms. The second-order valence-electron chi connectivity index (χ2n) is 5.75. The van der Waals surface area contributed by atoms with Gasteiger partial charge in [-0.25, -0.2) is 13.6 Å².